The van der Waals surface area contributed by atoms with E-state index in [2.05, 4.69) is 127 Å². The predicted octanol–water partition coefficient (Wildman–Crippen LogP) is 12.4. The van der Waals surface area contributed by atoms with Crippen LogP contribution in [0.15, 0.2) is 181 Å². The lowest BCUT2D eigenvalue weighted by atomic mass is 9.80. The number of nitrogens with one attached hydrogen (secondary N) is 2. The molecular formula is C65H72N7O9PS. The number of anilines is 1. The summed E-state index contributed by atoms with van der Waals surface area (Å²) in [4.78, 5) is 39.2. The third kappa shape index (κ3) is 13.3. The molecule has 0 radical (unpaired) electrons. The Hall–Kier alpha value is -7.23. The Labute approximate surface area is 491 Å². The number of imidazole rings is 1. The number of carbonyl (C=O) groups is 1. The summed E-state index contributed by atoms with van der Waals surface area (Å²) in [5, 5.41) is 12.6. The van der Waals surface area contributed by atoms with Crippen LogP contribution in [-0.4, -0.2) is 100 Å². The molecule has 16 nitrogen and oxygen atoms in total. The molecule has 6 aromatic carbocycles. The number of aromatic amines is 1. The highest BCUT2D eigenvalue weighted by Crippen LogP contribution is 2.53. The normalized spacial score (nSPS) is 16.9. The maximum Gasteiger partial charge on any atom is 0.280 e. The van der Waals surface area contributed by atoms with Crippen LogP contribution in [0.4, 0.5) is 5.95 Å². The van der Waals surface area contributed by atoms with Gasteiger partial charge in [-0.1, -0.05) is 159 Å². The number of amides is 1. The topological polar surface area (TPSA) is 184 Å². The number of thioether (sulfide) groups is 1. The standard InChI is InChI=1S/C65H72N7O9PS/c1-44(2)60(73)69-63-68-59-56(61(74)70-63)67-43-71(59)62-58(77-40-41-83-65(50-24-15-10-16-25-50,51-26-17-11-18-27-51)52-28-19-12-20-29-52)57(81-82(79-39-21-38-66)72(45(3)4)46(5)6)55(80-62)42-78-64(47-22-13-9-14-23-47,48-30-34-53(75-7)35-31-48)49-32-36-54(76-8)37-33-49/h9-20,22-37,43-46,55,57-58,62H,21,39-42H2,1-8H3,(H2,68,69,70,73,74)/t55-,57-,58-,62-,82?/m1/s1. The van der Waals surface area contributed by atoms with Gasteiger partial charge in [-0.05, 0) is 85.3 Å². The molecular weight excluding hydrogens is 1090 g/mol. The summed E-state index contributed by atoms with van der Waals surface area (Å²) in [6.45, 7) is 12.0. The number of nitriles is 1. The van der Waals surface area contributed by atoms with Crippen molar-refractivity contribution < 1.29 is 37.5 Å². The van der Waals surface area contributed by atoms with Crippen molar-refractivity contribution in [3.8, 4) is 17.6 Å². The fourth-order valence-electron chi connectivity index (χ4n) is 10.6. The molecule has 18 heteroatoms. The molecule has 1 aliphatic rings. The minimum absolute atomic E-state index is 0.0240. The maximum absolute atomic E-state index is 13.9. The fraction of sp³-hybridized carbons (Fsp3) is 0.338. The van der Waals surface area contributed by atoms with E-state index >= 15 is 0 Å². The molecule has 432 valence electrons. The van der Waals surface area contributed by atoms with E-state index in [0.29, 0.717) is 17.3 Å². The molecule has 0 bridgehead atoms. The van der Waals surface area contributed by atoms with Crippen LogP contribution in [-0.2, 0) is 38.4 Å². The first-order valence-electron chi connectivity index (χ1n) is 27.9. The first kappa shape index (κ1) is 60.4. The van der Waals surface area contributed by atoms with Crippen LogP contribution < -0.4 is 20.3 Å². The second-order valence-electron chi connectivity index (χ2n) is 20.8. The number of fused-ring (bicyclic) bond motifs is 1. The Morgan fingerprint density at radius 1 is 0.735 bits per heavy atom. The van der Waals surface area contributed by atoms with Gasteiger partial charge in [-0.2, -0.15) is 10.2 Å². The van der Waals surface area contributed by atoms with E-state index in [4.69, 9.17) is 37.7 Å². The number of ether oxygens (including phenoxy) is 5. The molecule has 2 aromatic heterocycles. The quantitative estimate of drug-likeness (QED) is 0.0281. The summed E-state index contributed by atoms with van der Waals surface area (Å²) >= 11 is 1.75. The number of nitrogens with zero attached hydrogens (tertiary/aromatic N) is 5. The van der Waals surface area contributed by atoms with Crippen molar-refractivity contribution in [3.05, 3.63) is 220 Å². The smallest absolute Gasteiger partial charge is 0.280 e. The third-order valence-electron chi connectivity index (χ3n) is 14.5. The number of aromatic nitrogens is 4. The van der Waals surface area contributed by atoms with Crippen molar-refractivity contribution in [1.29, 1.82) is 5.26 Å². The average Bonchev–Trinajstić information content (AvgIpc) is 4.28. The van der Waals surface area contributed by atoms with E-state index < -0.39 is 54.9 Å². The van der Waals surface area contributed by atoms with Crippen molar-refractivity contribution in [2.24, 2.45) is 5.92 Å². The molecule has 83 heavy (non-hydrogen) atoms. The molecule has 0 saturated carbocycles. The molecule has 0 spiro atoms. The Morgan fingerprint density at radius 2 is 1.24 bits per heavy atom. The lowest BCUT2D eigenvalue weighted by Gasteiger charge is -2.39. The van der Waals surface area contributed by atoms with E-state index in [-0.39, 0.29) is 61.3 Å². The summed E-state index contributed by atoms with van der Waals surface area (Å²) in [6, 6.07) is 59.2. The van der Waals surface area contributed by atoms with Crippen LogP contribution in [0, 0.1) is 17.2 Å². The summed E-state index contributed by atoms with van der Waals surface area (Å²) in [7, 11) is 1.33. The second kappa shape index (κ2) is 27.9. The molecule has 1 unspecified atom stereocenters. The molecule has 0 aliphatic carbocycles. The number of methoxy groups -OCH3 is 2. The van der Waals surface area contributed by atoms with Gasteiger partial charge >= 0.3 is 0 Å². The van der Waals surface area contributed by atoms with Gasteiger partial charge in [-0.15, -0.1) is 11.8 Å². The molecule has 1 saturated heterocycles. The molecule has 1 aliphatic heterocycles. The van der Waals surface area contributed by atoms with Gasteiger partial charge in [0.25, 0.3) is 14.1 Å². The lowest BCUT2D eigenvalue weighted by molar-refractivity contribution is -0.118. The minimum atomic E-state index is -1.94. The Kier molecular flexibility index (Phi) is 20.3. The molecule has 3 heterocycles. The van der Waals surface area contributed by atoms with E-state index in [1.54, 1.807) is 44.4 Å². The van der Waals surface area contributed by atoms with Gasteiger partial charge < -0.3 is 32.7 Å². The number of rotatable bonds is 27. The second-order valence-corrected chi connectivity index (χ2v) is 23.6. The molecule has 8 aromatic rings. The van der Waals surface area contributed by atoms with Gasteiger partial charge in [0, 0.05) is 23.8 Å². The van der Waals surface area contributed by atoms with E-state index in [1.165, 1.54) is 6.33 Å². The van der Waals surface area contributed by atoms with Gasteiger partial charge in [0.05, 0.1) is 57.6 Å². The highest BCUT2D eigenvalue weighted by molar-refractivity contribution is 8.00. The Morgan fingerprint density at radius 3 is 1.72 bits per heavy atom. The Bertz CT molecular complexity index is 3290. The zero-order valence-electron chi connectivity index (χ0n) is 48.1. The monoisotopic (exact) mass is 1160 g/mol. The largest absolute Gasteiger partial charge is 0.497 e. The number of H-pyrrole nitrogens is 1. The molecule has 9 rings (SSSR count). The zero-order valence-corrected chi connectivity index (χ0v) is 49.8. The van der Waals surface area contributed by atoms with Gasteiger partial charge in [-0.3, -0.25) is 24.5 Å². The van der Waals surface area contributed by atoms with E-state index in [9.17, 15) is 14.9 Å². The summed E-state index contributed by atoms with van der Waals surface area (Å²) < 4.78 is 51.1. The van der Waals surface area contributed by atoms with Gasteiger partial charge in [0.2, 0.25) is 11.9 Å². The summed E-state index contributed by atoms with van der Waals surface area (Å²) in [5.41, 5.74) is 4.08. The molecule has 5 atom stereocenters. The number of carbonyl (C=O) groups excluding carboxylic acids is 1. The van der Waals surface area contributed by atoms with Crippen LogP contribution in [0.2, 0.25) is 0 Å². The van der Waals surface area contributed by atoms with Gasteiger partial charge in [0.1, 0.15) is 35.4 Å². The van der Waals surface area contributed by atoms with Crippen molar-refractivity contribution >= 4 is 43.3 Å². The first-order valence-corrected chi connectivity index (χ1v) is 30.0. The van der Waals surface area contributed by atoms with Gasteiger partial charge in [0.15, 0.2) is 17.4 Å². The number of hydrogen-bond acceptors (Lipinski definition) is 14. The molecule has 1 amide bonds. The van der Waals surface area contributed by atoms with E-state index in [0.717, 1.165) is 33.4 Å². The highest BCUT2D eigenvalue weighted by Gasteiger charge is 2.52. The maximum atomic E-state index is 13.9. The average molecular weight is 1160 g/mol. The summed E-state index contributed by atoms with van der Waals surface area (Å²) in [5.74, 6) is 1.03. The van der Waals surface area contributed by atoms with Crippen molar-refractivity contribution in [1.82, 2.24) is 24.2 Å². The van der Waals surface area contributed by atoms with Crippen LogP contribution in [0.25, 0.3) is 11.2 Å². The van der Waals surface area contributed by atoms with Crippen LogP contribution in [0.3, 0.4) is 0 Å². The first-order chi connectivity index (χ1) is 40.3. The third-order valence-corrected chi connectivity index (χ3v) is 18.2. The number of benzene rings is 6. The zero-order chi connectivity index (χ0) is 58.5. The van der Waals surface area contributed by atoms with Crippen LogP contribution in [0.1, 0.15) is 87.6 Å². The predicted molar refractivity (Wildman–Crippen MR) is 325 cm³/mol. The fourth-order valence-corrected chi connectivity index (χ4v) is 13.8. The van der Waals surface area contributed by atoms with Crippen molar-refractivity contribution in [2.75, 3.05) is 45.1 Å². The molecule has 1 fully saturated rings. The number of hydrogen-bond donors (Lipinski definition) is 2. The van der Waals surface area contributed by atoms with E-state index in [1.807, 2.05) is 97.1 Å². The summed E-state index contributed by atoms with van der Waals surface area (Å²) in [6.07, 6.45) is -2.28. The Balaban J connectivity index is 1.20. The lowest BCUT2D eigenvalue weighted by Crippen LogP contribution is -2.43. The van der Waals surface area contributed by atoms with Crippen molar-refractivity contribution in [2.45, 2.75) is 94.9 Å². The van der Waals surface area contributed by atoms with Crippen LogP contribution in [0.5, 0.6) is 11.5 Å². The van der Waals surface area contributed by atoms with Crippen LogP contribution >= 0.6 is 20.3 Å². The molecule has 2 N–H and O–H groups in total. The van der Waals surface area contributed by atoms with Gasteiger partial charge in [-0.25, -0.2) is 9.65 Å². The minimum Gasteiger partial charge on any atom is -0.497 e. The highest BCUT2D eigenvalue weighted by atomic mass is 32.2. The SMILES string of the molecule is COc1ccc(C(OC[C@H]2O[C@@H](n3cnc4c(=O)[nH]c(NC(=O)C(C)C)nc43)[C@H](OCCSC(c3ccccc3)(c3ccccc3)c3ccccc3)[C@@H]2OP(OCCC#N)N(C(C)C)C(C)C)(c2ccccc2)c2ccc(OC)cc2)cc1. The van der Waals surface area contributed by atoms with Crippen molar-refractivity contribution in [3.63, 3.8) is 0 Å².